The van der Waals surface area contributed by atoms with Crippen LogP contribution >= 0.6 is 0 Å². The van der Waals surface area contributed by atoms with E-state index in [-0.39, 0.29) is 0 Å². The van der Waals surface area contributed by atoms with Crippen LogP contribution in [0.25, 0.3) is 10.9 Å². The Morgan fingerprint density at radius 2 is 1.89 bits per heavy atom. The molecule has 1 saturated carbocycles. The molecule has 3 rings (SSSR count). The summed E-state index contributed by atoms with van der Waals surface area (Å²) in [7, 11) is 0. The van der Waals surface area contributed by atoms with Crippen LogP contribution in [0.1, 0.15) is 25.7 Å². The van der Waals surface area contributed by atoms with Gasteiger partial charge in [0, 0.05) is 11.6 Å². The highest BCUT2D eigenvalue weighted by Crippen LogP contribution is 2.30. The maximum atomic E-state index is 6.18. The molecule has 1 aromatic carbocycles. The molecule has 1 heterocycles. The Balaban J connectivity index is 1.75. The lowest BCUT2D eigenvalue weighted by molar-refractivity contribution is 0.134. The third kappa shape index (κ3) is 2.71. The van der Waals surface area contributed by atoms with E-state index in [1.165, 1.54) is 12.8 Å². The first kappa shape index (κ1) is 12.4. The Bertz CT molecular complexity index is 542. The van der Waals surface area contributed by atoms with Crippen LogP contribution in [0.3, 0.4) is 0 Å². The van der Waals surface area contributed by atoms with Gasteiger partial charge in [0.05, 0.1) is 11.6 Å². The predicted molar refractivity (Wildman–Crippen MR) is 77.2 cm³/mol. The van der Waals surface area contributed by atoms with Crippen molar-refractivity contribution in [2.75, 3.05) is 6.54 Å². The SMILES string of the molecule is NC[C@H]1CC[C@H](Oc2ccnc3ccccc23)CC1. The summed E-state index contributed by atoms with van der Waals surface area (Å²) in [4.78, 5) is 4.36. The smallest absolute Gasteiger partial charge is 0.130 e. The normalized spacial score (nSPS) is 23.4. The molecule has 2 N–H and O–H groups in total. The van der Waals surface area contributed by atoms with Gasteiger partial charge >= 0.3 is 0 Å². The van der Waals surface area contributed by atoms with Crippen molar-refractivity contribution < 1.29 is 4.74 Å². The van der Waals surface area contributed by atoms with Crippen LogP contribution in [0.5, 0.6) is 5.75 Å². The minimum Gasteiger partial charge on any atom is -0.490 e. The monoisotopic (exact) mass is 256 g/mol. The number of para-hydroxylation sites is 1. The topological polar surface area (TPSA) is 48.1 Å². The average Bonchev–Trinajstić information content (AvgIpc) is 2.48. The molecule has 19 heavy (non-hydrogen) atoms. The van der Waals surface area contributed by atoms with Crippen LogP contribution in [0.15, 0.2) is 36.5 Å². The van der Waals surface area contributed by atoms with Crippen molar-refractivity contribution in [1.82, 2.24) is 4.98 Å². The van der Waals surface area contributed by atoms with E-state index in [1.54, 1.807) is 0 Å². The zero-order valence-corrected chi connectivity index (χ0v) is 11.1. The van der Waals surface area contributed by atoms with Gasteiger partial charge in [0.15, 0.2) is 0 Å². The predicted octanol–water partition coefficient (Wildman–Crippen LogP) is 3.13. The maximum Gasteiger partial charge on any atom is 0.130 e. The molecule has 0 aliphatic heterocycles. The third-order valence-corrected chi connectivity index (χ3v) is 4.03. The molecule has 0 spiro atoms. The molecular weight excluding hydrogens is 236 g/mol. The van der Waals surface area contributed by atoms with Gasteiger partial charge in [-0.05, 0) is 56.3 Å². The van der Waals surface area contributed by atoms with Gasteiger partial charge in [-0.2, -0.15) is 0 Å². The Hall–Kier alpha value is -1.61. The largest absolute Gasteiger partial charge is 0.490 e. The molecule has 1 fully saturated rings. The molecule has 1 aliphatic rings. The van der Waals surface area contributed by atoms with E-state index >= 15 is 0 Å². The van der Waals surface area contributed by atoms with Gasteiger partial charge < -0.3 is 10.5 Å². The highest BCUT2D eigenvalue weighted by molar-refractivity contribution is 5.84. The van der Waals surface area contributed by atoms with E-state index in [4.69, 9.17) is 10.5 Å². The van der Waals surface area contributed by atoms with Gasteiger partial charge in [-0.25, -0.2) is 0 Å². The lowest BCUT2D eigenvalue weighted by Gasteiger charge is -2.28. The van der Waals surface area contributed by atoms with Crippen LogP contribution in [-0.2, 0) is 0 Å². The number of hydrogen-bond acceptors (Lipinski definition) is 3. The molecule has 0 radical (unpaired) electrons. The van der Waals surface area contributed by atoms with Crippen molar-refractivity contribution in [2.24, 2.45) is 11.7 Å². The Morgan fingerprint density at radius 3 is 2.68 bits per heavy atom. The average molecular weight is 256 g/mol. The number of rotatable bonds is 3. The van der Waals surface area contributed by atoms with E-state index < -0.39 is 0 Å². The van der Waals surface area contributed by atoms with Crippen molar-refractivity contribution in [3.8, 4) is 5.75 Å². The van der Waals surface area contributed by atoms with Crippen molar-refractivity contribution in [2.45, 2.75) is 31.8 Å². The fraction of sp³-hybridized carbons (Fsp3) is 0.438. The number of nitrogens with zero attached hydrogens (tertiary/aromatic N) is 1. The number of aromatic nitrogens is 1. The minimum atomic E-state index is 0.327. The molecule has 0 saturated heterocycles. The van der Waals surface area contributed by atoms with E-state index in [1.807, 2.05) is 30.5 Å². The fourth-order valence-electron chi connectivity index (χ4n) is 2.84. The highest BCUT2D eigenvalue weighted by atomic mass is 16.5. The number of hydrogen-bond donors (Lipinski definition) is 1. The number of pyridine rings is 1. The fourth-order valence-corrected chi connectivity index (χ4v) is 2.84. The van der Waals surface area contributed by atoms with Crippen LogP contribution < -0.4 is 10.5 Å². The van der Waals surface area contributed by atoms with Crippen LogP contribution in [0.2, 0.25) is 0 Å². The quantitative estimate of drug-likeness (QED) is 0.917. The molecule has 2 aromatic rings. The van der Waals surface area contributed by atoms with Crippen LogP contribution in [-0.4, -0.2) is 17.6 Å². The Morgan fingerprint density at radius 1 is 1.11 bits per heavy atom. The zero-order valence-electron chi connectivity index (χ0n) is 11.1. The van der Waals surface area contributed by atoms with Crippen molar-refractivity contribution in [3.63, 3.8) is 0 Å². The van der Waals surface area contributed by atoms with Crippen molar-refractivity contribution >= 4 is 10.9 Å². The van der Waals surface area contributed by atoms with E-state index in [2.05, 4.69) is 11.1 Å². The number of nitrogens with two attached hydrogens (primary N) is 1. The van der Waals surface area contributed by atoms with Gasteiger partial charge in [-0.15, -0.1) is 0 Å². The van der Waals surface area contributed by atoms with Crippen LogP contribution in [0, 0.1) is 5.92 Å². The number of ether oxygens (including phenoxy) is 1. The van der Waals surface area contributed by atoms with Crippen molar-refractivity contribution in [1.29, 1.82) is 0 Å². The highest BCUT2D eigenvalue weighted by Gasteiger charge is 2.21. The molecule has 0 bridgehead atoms. The van der Waals surface area contributed by atoms with Crippen LogP contribution in [0.4, 0.5) is 0 Å². The molecule has 1 aromatic heterocycles. The summed E-state index contributed by atoms with van der Waals surface area (Å²) in [5.74, 6) is 1.65. The lowest BCUT2D eigenvalue weighted by atomic mass is 9.87. The summed E-state index contributed by atoms with van der Waals surface area (Å²) in [5, 5.41) is 1.10. The van der Waals surface area contributed by atoms with E-state index in [9.17, 15) is 0 Å². The van der Waals surface area contributed by atoms with Gasteiger partial charge in [0.1, 0.15) is 5.75 Å². The minimum absolute atomic E-state index is 0.327. The molecule has 0 atom stereocenters. The second kappa shape index (κ2) is 5.57. The van der Waals surface area contributed by atoms with Gasteiger partial charge in [0.2, 0.25) is 0 Å². The summed E-state index contributed by atoms with van der Waals surface area (Å²) < 4.78 is 6.18. The summed E-state index contributed by atoms with van der Waals surface area (Å²) in [5.41, 5.74) is 6.72. The first-order valence-corrected chi connectivity index (χ1v) is 7.07. The van der Waals surface area contributed by atoms with Gasteiger partial charge in [-0.3, -0.25) is 4.98 Å². The maximum absolute atomic E-state index is 6.18. The zero-order chi connectivity index (χ0) is 13.1. The molecular formula is C16H20N2O. The lowest BCUT2D eigenvalue weighted by Crippen LogP contribution is -2.27. The molecule has 0 amide bonds. The summed E-state index contributed by atoms with van der Waals surface area (Å²) in [6.45, 7) is 0.810. The van der Waals surface area contributed by atoms with Crippen molar-refractivity contribution in [3.05, 3.63) is 36.5 Å². The van der Waals surface area contributed by atoms with Gasteiger partial charge in [-0.1, -0.05) is 12.1 Å². The molecule has 0 unspecified atom stereocenters. The molecule has 3 heteroatoms. The summed E-state index contributed by atoms with van der Waals surface area (Å²) in [6, 6.07) is 10.1. The first-order chi connectivity index (χ1) is 9.36. The standard InChI is InChI=1S/C16H20N2O/c17-11-12-5-7-13(8-6-12)19-16-9-10-18-15-4-2-1-3-14(15)16/h1-4,9-10,12-13H,5-8,11,17H2/t12-,13-. The number of fused-ring (bicyclic) bond motifs is 1. The second-order valence-electron chi connectivity index (χ2n) is 5.32. The molecule has 100 valence electrons. The molecule has 3 nitrogen and oxygen atoms in total. The Kier molecular flexibility index (Phi) is 3.65. The second-order valence-corrected chi connectivity index (χ2v) is 5.32. The Labute approximate surface area is 113 Å². The summed E-state index contributed by atoms with van der Waals surface area (Å²) in [6.07, 6.45) is 6.74. The molecule has 1 aliphatic carbocycles. The van der Waals surface area contributed by atoms with Gasteiger partial charge in [0.25, 0.3) is 0 Å². The summed E-state index contributed by atoms with van der Waals surface area (Å²) >= 11 is 0. The third-order valence-electron chi connectivity index (χ3n) is 4.03. The number of benzene rings is 1. The van der Waals surface area contributed by atoms with E-state index in [0.29, 0.717) is 12.0 Å². The van der Waals surface area contributed by atoms with E-state index in [0.717, 1.165) is 36.0 Å². The first-order valence-electron chi connectivity index (χ1n) is 7.07.